The fraction of sp³-hybridized carbons (Fsp3) is 0.538. The van der Waals surface area contributed by atoms with Gasteiger partial charge in [-0.2, -0.15) is 4.31 Å². The van der Waals surface area contributed by atoms with Crippen LogP contribution in [-0.2, 0) is 10.0 Å². The molecule has 1 aliphatic rings. The summed E-state index contributed by atoms with van der Waals surface area (Å²) >= 11 is 5.80. The average molecular weight is 303 g/mol. The van der Waals surface area contributed by atoms with Crippen LogP contribution in [0.1, 0.15) is 26.2 Å². The van der Waals surface area contributed by atoms with Gasteiger partial charge in [-0.25, -0.2) is 8.42 Å². The molecule has 1 aliphatic heterocycles. The SMILES string of the molecule is CCC1CCN(S(=O)(=O)c2ccc(Cl)cc2N)CC1. The van der Waals surface area contributed by atoms with E-state index in [2.05, 4.69) is 6.92 Å². The molecule has 19 heavy (non-hydrogen) atoms. The zero-order chi connectivity index (χ0) is 14.0. The minimum atomic E-state index is -3.49. The number of anilines is 1. The number of nitrogens with two attached hydrogens (primary N) is 1. The third-order valence-electron chi connectivity index (χ3n) is 3.74. The maximum absolute atomic E-state index is 12.5. The Morgan fingerprint density at radius 1 is 1.37 bits per heavy atom. The van der Waals surface area contributed by atoms with Crippen molar-refractivity contribution in [2.75, 3.05) is 18.8 Å². The summed E-state index contributed by atoms with van der Waals surface area (Å²) in [4.78, 5) is 0.159. The summed E-state index contributed by atoms with van der Waals surface area (Å²) in [5, 5.41) is 0.446. The highest BCUT2D eigenvalue weighted by Crippen LogP contribution is 2.29. The Morgan fingerprint density at radius 2 is 2.00 bits per heavy atom. The second kappa shape index (κ2) is 5.69. The maximum atomic E-state index is 12.5. The predicted octanol–water partition coefficient (Wildman–Crippen LogP) is 2.73. The maximum Gasteiger partial charge on any atom is 0.245 e. The summed E-state index contributed by atoms with van der Waals surface area (Å²) in [6.45, 7) is 3.29. The lowest BCUT2D eigenvalue weighted by molar-refractivity contribution is 0.269. The van der Waals surface area contributed by atoms with Gasteiger partial charge in [0.15, 0.2) is 0 Å². The van der Waals surface area contributed by atoms with Crippen molar-refractivity contribution in [3.63, 3.8) is 0 Å². The van der Waals surface area contributed by atoms with Crippen LogP contribution in [0.15, 0.2) is 23.1 Å². The van der Waals surface area contributed by atoms with Gasteiger partial charge in [0.05, 0.1) is 5.69 Å². The van der Waals surface area contributed by atoms with Gasteiger partial charge < -0.3 is 5.73 Å². The van der Waals surface area contributed by atoms with Crippen LogP contribution in [0.5, 0.6) is 0 Å². The zero-order valence-corrected chi connectivity index (χ0v) is 12.5. The fourth-order valence-electron chi connectivity index (χ4n) is 2.45. The Bertz CT molecular complexity index is 552. The molecular formula is C13H19ClN2O2S. The van der Waals surface area contributed by atoms with Crippen molar-refractivity contribution in [1.29, 1.82) is 0 Å². The van der Waals surface area contributed by atoms with E-state index < -0.39 is 10.0 Å². The zero-order valence-electron chi connectivity index (χ0n) is 11.0. The molecule has 0 unspecified atom stereocenters. The van der Waals surface area contributed by atoms with Crippen LogP contribution in [-0.4, -0.2) is 25.8 Å². The Balaban J connectivity index is 2.23. The third-order valence-corrected chi connectivity index (χ3v) is 5.95. The van der Waals surface area contributed by atoms with E-state index in [0.717, 1.165) is 19.3 Å². The first-order valence-electron chi connectivity index (χ1n) is 6.50. The van der Waals surface area contributed by atoms with Crippen molar-refractivity contribution in [2.45, 2.75) is 31.1 Å². The molecule has 0 atom stereocenters. The molecule has 0 bridgehead atoms. The van der Waals surface area contributed by atoms with Crippen LogP contribution >= 0.6 is 11.6 Å². The number of piperidine rings is 1. The summed E-state index contributed by atoms with van der Waals surface area (Å²) < 4.78 is 26.6. The van der Waals surface area contributed by atoms with E-state index in [1.165, 1.54) is 16.4 Å². The molecule has 0 aromatic heterocycles. The van der Waals surface area contributed by atoms with Gasteiger partial charge in [-0.1, -0.05) is 24.9 Å². The molecule has 1 aromatic rings. The molecule has 2 N–H and O–H groups in total. The van der Waals surface area contributed by atoms with E-state index in [1.807, 2.05) is 0 Å². The number of hydrogen-bond donors (Lipinski definition) is 1. The van der Waals surface area contributed by atoms with Crippen molar-refractivity contribution in [3.8, 4) is 0 Å². The van der Waals surface area contributed by atoms with E-state index in [4.69, 9.17) is 17.3 Å². The quantitative estimate of drug-likeness (QED) is 0.873. The van der Waals surface area contributed by atoms with Gasteiger partial charge in [0.2, 0.25) is 10.0 Å². The van der Waals surface area contributed by atoms with Gasteiger partial charge in [0, 0.05) is 18.1 Å². The molecule has 0 spiro atoms. The summed E-state index contributed by atoms with van der Waals surface area (Å²) in [6, 6.07) is 4.52. The van der Waals surface area contributed by atoms with Crippen LogP contribution < -0.4 is 5.73 Å². The number of sulfonamides is 1. The Kier molecular flexibility index (Phi) is 4.38. The molecule has 1 aromatic carbocycles. The van der Waals surface area contributed by atoms with Crippen molar-refractivity contribution in [3.05, 3.63) is 23.2 Å². The number of halogens is 1. The van der Waals surface area contributed by atoms with E-state index in [-0.39, 0.29) is 10.6 Å². The van der Waals surface area contributed by atoms with E-state index in [1.54, 1.807) is 6.07 Å². The minimum Gasteiger partial charge on any atom is -0.398 e. The molecule has 0 radical (unpaired) electrons. The standard InChI is InChI=1S/C13H19ClN2O2S/c1-2-10-5-7-16(8-6-10)19(17,18)13-4-3-11(14)9-12(13)15/h3-4,9-10H,2,5-8,15H2,1H3. The van der Waals surface area contributed by atoms with Gasteiger partial charge in [-0.05, 0) is 37.0 Å². The van der Waals surface area contributed by atoms with Crippen molar-refractivity contribution >= 4 is 27.3 Å². The smallest absolute Gasteiger partial charge is 0.245 e. The van der Waals surface area contributed by atoms with Gasteiger partial charge in [0.1, 0.15) is 4.90 Å². The molecule has 1 heterocycles. The molecule has 1 fully saturated rings. The summed E-state index contributed by atoms with van der Waals surface area (Å²) in [7, 11) is -3.49. The van der Waals surface area contributed by atoms with Gasteiger partial charge in [0.25, 0.3) is 0 Å². The number of benzene rings is 1. The lowest BCUT2D eigenvalue weighted by Crippen LogP contribution is -2.38. The lowest BCUT2D eigenvalue weighted by Gasteiger charge is -2.30. The van der Waals surface area contributed by atoms with E-state index in [0.29, 0.717) is 24.0 Å². The summed E-state index contributed by atoms with van der Waals surface area (Å²) in [6.07, 6.45) is 2.95. The minimum absolute atomic E-state index is 0.159. The second-order valence-electron chi connectivity index (χ2n) is 4.94. The van der Waals surface area contributed by atoms with Crippen molar-refractivity contribution in [2.24, 2.45) is 5.92 Å². The second-order valence-corrected chi connectivity index (χ2v) is 7.28. The highest BCUT2D eigenvalue weighted by molar-refractivity contribution is 7.89. The van der Waals surface area contributed by atoms with Crippen LogP contribution in [0.2, 0.25) is 5.02 Å². The molecule has 106 valence electrons. The molecule has 4 nitrogen and oxygen atoms in total. The van der Waals surface area contributed by atoms with Crippen LogP contribution in [0, 0.1) is 5.92 Å². The van der Waals surface area contributed by atoms with Gasteiger partial charge in [-0.3, -0.25) is 0 Å². The average Bonchev–Trinajstić information content (AvgIpc) is 2.38. The number of nitrogens with zero attached hydrogens (tertiary/aromatic N) is 1. The largest absolute Gasteiger partial charge is 0.398 e. The summed E-state index contributed by atoms with van der Waals surface area (Å²) in [5.41, 5.74) is 5.99. The molecular weight excluding hydrogens is 284 g/mol. The highest BCUT2D eigenvalue weighted by Gasteiger charge is 2.30. The topological polar surface area (TPSA) is 63.4 Å². The van der Waals surface area contributed by atoms with Crippen LogP contribution in [0.4, 0.5) is 5.69 Å². The molecule has 2 rings (SSSR count). The van der Waals surface area contributed by atoms with Gasteiger partial charge >= 0.3 is 0 Å². The Labute approximate surface area is 119 Å². The Hall–Kier alpha value is -0.780. The molecule has 0 amide bonds. The predicted molar refractivity (Wildman–Crippen MR) is 77.6 cm³/mol. The fourth-order valence-corrected chi connectivity index (χ4v) is 4.20. The Morgan fingerprint density at radius 3 is 2.53 bits per heavy atom. The van der Waals surface area contributed by atoms with Crippen molar-refractivity contribution in [1.82, 2.24) is 4.31 Å². The van der Waals surface area contributed by atoms with Crippen molar-refractivity contribution < 1.29 is 8.42 Å². The normalized spacial score (nSPS) is 18.6. The molecule has 0 aliphatic carbocycles. The lowest BCUT2D eigenvalue weighted by atomic mass is 9.96. The van der Waals surface area contributed by atoms with E-state index >= 15 is 0 Å². The summed E-state index contributed by atoms with van der Waals surface area (Å²) in [5.74, 6) is 0.633. The van der Waals surface area contributed by atoms with Crippen LogP contribution in [0.3, 0.4) is 0 Å². The monoisotopic (exact) mass is 302 g/mol. The van der Waals surface area contributed by atoms with Gasteiger partial charge in [-0.15, -0.1) is 0 Å². The van der Waals surface area contributed by atoms with E-state index in [9.17, 15) is 8.42 Å². The first kappa shape index (κ1) is 14.6. The molecule has 6 heteroatoms. The number of nitrogen functional groups attached to an aromatic ring is 1. The molecule has 0 saturated carbocycles. The first-order chi connectivity index (χ1) is 8.95. The first-order valence-corrected chi connectivity index (χ1v) is 8.32. The number of rotatable bonds is 3. The molecule has 1 saturated heterocycles. The number of hydrogen-bond acceptors (Lipinski definition) is 3. The third kappa shape index (κ3) is 3.04. The van der Waals surface area contributed by atoms with Crippen LogP contribution in [0.25, 0.3) is 0 Å². The highest BCUT2D eigenvalue weighted by atomic mass is 35.5.